The number of cyclic esters (lactones) is 2. The first kappa shape index (κ1) is 13.2. The molecule has 1 heterocycles. The van der Waals surface area contributed by atoms with Crippen LogP contribution in [0.3, 0.4) is 0 Å². The van der Waals surface area contributed by atoms with E-state index < -0.39 is 18.2 Å². The van der Waals surface area contributed by atoms with Crippen molar-refractivity contribution < 1.29 is 28.5 Å². The summed E-state index contributed by atoms with van der Waals surface area (Å²) in [6.45, 7) is 6.62. The van der Waals surface area contributed by atoms with E-state index in [1.54, 1.807) is 0 Å². The summed E-state index contributed by atoms with van der Waals surface area (Å²) in [6, 6.07) is 0. The Hall–Kier alpha value is -2.24. The van der Waals surface area contributed by atoms with Gasteiger partial charge in [-0.15, -0.1) is 0 Å². The van der Waals surface area contributed by atoms with Gasteiger partial charge in [-0.3, -0.25) is 4.79 Å². The highest BCUT2D eigenvalue weighted by Gasteiger charge is 2.39. The van der Waals surface area contributed by atoms with Gasteiger partial charge in [-0.1, -0.05) is 13.2 Å². The second-order valence-corrected chi connectivity index (χ2v) is 4.00. The Labute approximate surface area is 110 Å². The Morgan fingerprint density at radius 2 is 1.95 bits per heavy atom. The molecule has 0 amide bonds. The van der Waals surface area contributed by atoms with Gasteiger partial charge in [-0.25, -0.2) is 4.79 Å². The predicted molar refractivity (Wildman–Crippen MR) is 63.5 cm³/mol. The van der Waals surface area contributed by atoms with Gasteiger partial charge in [0.25, 0.3) is 6.29 Å². The van der Waals surface area contributed by atoms with Gasteiger partial charge in [0, 0.05) is 6.42 Å². The lowest BCUT2D eigenvalue weighted by atomic mass is 10.1. The minimum Gasteiger partial charge on any atom is -0.494 e. The number of carbonyl (C=O) groups is 2. The predicted octanol–water partition coefficient (Wildman–Crippen LogP) is 1.19. The fraction of sp³-hybridized carbons (Fsp3) is 0.385. The molecule has 0 aromatic carbocycles. The summed E-state index contributed by atoms with van der Waals surface area (Å²) < 4.78 is 20.0. The van der Waals surface area contributed by atoms with Gasteiger partial charge in [0.1, 0.15) is 6.10 Å². The third-order valence-corrected chi connectivity index (χ3v) is 2.71. The van der Waals surface area contributed by atoms with Crippen molar-refractivity contribution in [3.63, 3.8) is 0 Å². The molecule has 2 unspecified atom stereocenters. The Morgan fingerprint density at radius 1 is 1.21 bits per heavy atom. The molecule has 0 N–H and O–H groups in total. The molecular weight excluding hydrogens is 252 g/mol. The van der Waals surface area contributed by atoms with Gasteiger partial charge < -0.3 is 18.9 Å². The molecule has 1 aliphatic carbocycles. The molecule has 0 spiro atoms. The van der Waals surface area contributed by atoms with Crippen molar-refractivity contribution in [3.05, 3.63) is 36.8 Å². The number of rotatable bonds is 4. The highest BCUT2D eigenvalue weighted by molar-refractivity contribution is 5.96. The van der Waals surface area contributed by atoms with Crippen molar-refractivity contribution in [1.29, 1.82) is 0 Å². The standard InChI is InChI=1S/C13H14O6/c1-3-16-10-5-8(10)9-6-11(14)19-12(17-4-2)7-18-13(9)15/h3-4,10,12H,1-2,5-7H2. The minimum absolute atomic E-state index is 0.151. The second kappa shape index (κ2) is 5.60. The van der Waals surface area contributed by atoms with E-state index in [1.165, 1.54) is 6.26 Å². The summed E-state index contributed by atoms with van der Waals surface area (Å²) >= 11 is 0. The molecule has 0 radical (unpaired) electrons. The molecular formula is C13H14O6. The van der Waals surface area contributed by atoms with Gasteiger partial charge in [0.15, 0.2) is 6.61 Å². The summed E-state index contributed by atoms with van der Waals surface area (Å²) in [5.74, 6) is -1.09. The van der Waals surface area contributed by atoms with E-state index in [2.05, 4.69) is 13.2 Å². The van der Waals surface area contributed by atoms with Gasteiger partial charge in [-0.2, -0.15) is 0 Å². The average Bonchev–Trinajstić information content (AvgIpc) is 3.11. The number of hydrogen-bond acceptors (Lipinski definition) is 6. The molecule has 0 bridgehead atoms. The van der Waals surface area contributed by atoms with Crippen LogP contribution in [0.15, 0.2) is 36.8 Å². The first-order valence-corrected chi connectivity index (χ1v) is 5.77. The van der Waals surface area contributed by atoms with Crippen LogP contribution in [0.5, 0.6) is 0 Å². The second-order valence-electron chi connectivity index (χ2n) is 4.00. The Morgan fingerprint density at radius 3 is 2.63 bits per heavy atom. The van der Waals surface area contributed by atoms with Crippen molar-refractivity contribution >= 4 is 11.9 Å². The molecule has 1 aliphatic heterocycles. The number of ether oxygens (including phenoxy) is 4. The zero-order valence-electron chi connectivity index (χ0n) is 10.3. The molecule has 1 saturated heterocycles. The van der Waals surface area contributed by atoms with Crippen LogP contribution in [0.1, 0.15) is 12.8 Å². The van der Waals surface area contributed by atoms with Crippen LogP contribution in [-0.2, 0) is 28.5 Å². The van der Waals surface area contributed by atoms with E-state index >= 15 is 0 Å². The summed E-state index contributed by atoms with van der Waals surface area (Å²) in [5.41, 5.74) is 1.05. The van der Waals surface area contributed by atoms with Crippen molar-refractivity contribution in [3.8, 4) is 0 Å². The maximum absolute atomic E-state index is 11.8. The number of hydrogen-bond donors (Lipinski definition) is 0. The molecule has 102 valence electrons. The first-order valence-electron chi connectivity index (χ1n) is 5.77. The van der Waals surface area contributed by atoms with E-state index in [1.807, 2.05) is 0 Å². The van der Waals surface area contributed by atoms with Crippen LogP contribution in [-0.4, -0.2) is 30.9 Å². The van der Waals surface area contributed by atoms with Gasteiger partial charge in [-0.05, 0) is 5.57 Å². The van der Waals surface area contributed by atoms with E-state index in [0.29, 0.717) is 12.0 Å². The molecule has 2 aliphatic rings. The highest BCUT2D eigenvalue weighted by Crippen LogP contribution is 2.38. The van der Waals surface area contributed by atoms with Crippen LogP contribution in [0, 0.1) is 0 Å². The van der Waals surface area contributed by atoms with E-state index in [4.69, 9.17) is 18.9 Å². The van der Waals surface area contributed by atoms with Crippen molar-refractivity contribution in [2.75, 3.05) is 6.61 Å². The summed E-state index contributed by atoms with van der Waals surface area (Å²) in [6.07, 6.45) is 1.74. The Balaban J connectivity index is 2.08. The molecule has 0 aromatic heterocycles. The normalized spacial score (nSPS) is 30.3. The van der Waals surface area contributed by atoms with Gasteiger partial charge in [0.05, 0.1) is 24.5 Å². The third-order valence-electron chi connectivity index (χ3n) is 2.71. The lowest BCUT2D eigenvalue weighted by molar-refractivity contribution is -0.185. The highest BCUT2D eigenvalue weighted by atomic mass is 16.7. The molecule has 6 heteroatoms. The lowest BCUT2D eigenvalue weighted by Gasteiger charge is -2.20. The Bertz CT molecular complexity index is 450. The van der Waals surface area contributed by atoms with Crippen molar-refractivity contribution in [2.45, 2.75) is 25.2 Å². The fourth-order valence-electron chi connectivity index (χ4n) is 1.79. The number of esters is 2. The first-order chi connectivity index (χ1) is 9.15. The Kier molecular flexibility index (Phi) is 3.89. The van der Waals surface area contributed by atoms with E-state index in [9.17, 15) is 9.59 Å². The fourth-order valence-corrected chi connectivity index (χ4v) is 1.79. The van der Waals surface area contributed by atoms with Crippen LogP contribution in [0.25, 0.3) is 0 Å². The topological polar surface area (TPSA) is 71.1 Å². The largest absolute Gasteiger partial charge is 0.494 e. The third kappa shape index (κ3) is 3.15. The molecule has 0 aromatic rings. The van der Waals surface area contributed by atoms with Crippen LogP contribution in [0.2, 0.25) is 0 Å². The smallest absolute Gasteiger partial charge is 0.334 e. The van der Waals surface area contributed by atoms with E-state index in [-0.39, 0.29) is 19.1 Å². The maximum Gasteiger partial charge on any atom is 0.334 e. The SMILES string of the molecule is C=COC1COC(=O)C(=C2CC2OC=C)CC(=O)O1. The lowest BCUT2D eigenvalue weighted by Crippen LogP contribution is -2.30. The molecule has 6 nitrogen and oxygen atoms in total. The molecule has 1 saturated carbocycles. The average molecular weight is 266 g/mol. The molecule has 19 heavy (non-hydrogen) atoms. The van der Waals surface area contributed by atoms with Crippen LogP contribution >= 0.6 is 0 Å². The quantitative estimate of drug-likeness (QED) is 0.432. The monoisotopic (exact) mass is 266 g/mol. The van der Waals surface area contributed by atoms with E-state index in [0.717, 1.165) is 11.8 Å². The van der Waals surface area contributed by atoms with Gasteiger partial charge in [0.2, 0.25) is 0 Å². The van der Waals surface area contributed by atoms with Crippen LogP contribution < -0.4 is 0 Å². The zero-order valence-corrected chi connectivity index (χ0v) is 10.3. The summed E-state index contributed by atoms with van der Waals surface area (Å²) in [7, 11) is 0. The zero-order chi connectivity index (χ0) is 13.8. The van der Waals surface area contributed by atoms with Gasteiger partial charge >= 0.3 is 11.9 Å². The summed E-state index contributed by atoms with van der Waals surface area (Å²) in [4.78, 5) is 23.5. The molecule has 2 atom stereocenters. The molecule has 2 fully saturated rings. The minimum atomic E-state index is -0.945. The van der Waals surface area contributed by atoms with Crippen molar-refractivity contribution in [1.82, 2.24) is 0 Å². The number of carbonyl (C=O) groups excluding carboxylic acids is 2. The van der Waals surface area contributed by atoms with Crippen molar-refractivity contribution in [2.24, 2.45) is 0 Å². The van der Waals surface area contributed by atoms with Crippen LogP contribution in [0.4, 0.5) is 0 Å². The maximum atomic E-state index is 11.8. The molecule has 2 rings (SSSR count). The summed E-state index contributed by atoms with van der Waals surface area (Å²) in [5, 5.41) is 0.